The van der Waals surface area contributed by atoms with E-state index in [1.807, 2.05) is 0 Å². The maximum absolute atomic E-state index is 12.2. The number of rotatable bonds is 7. The molecule has 1 atom stereocenters. The van der Waals surface area contributed by atoms with E-state index < -0.39 is 22.0 Å². The number of carboxylic acid groups (broad SMARTS) is 1. The highest BCUT2D eigenvalue weighted by Crippen LogP contribution is 2.25. The lowest BCUT2D eigenvalue weighted by Gasteiger charge is -2.16. The highest BCUT2D eigenvalue weighted by Gasteiger charge is 2.24. The Morgan fingerprint density at radius 1 is 1.45 bits per heavy atom. The van der Waals surface area contributed by atoms with Crippen LogP contribution >= 0.6 is 0 Å². The molecule has 0 aliphatic carbocycles. The standard InChI is InChI=1S/C12H17NO6S/c1-3-9(7-14)13-20(17,18)11-6-8(12(15)16)4-5-10(11)19-2/h4-6,9,13-14H,3,7H2,1-2H3,(H,15,16)/t9-/m1/s1. The molecule has 0 aliphatic rings. The molecule has 0 heterocycles. The van der Waals surface area contributed by atoms with Crippen molar-refractivity contribution in [1.29, 1.82) is 0 Å². The van der Waals surface area contributed by atoms with Gasteiger partial charge in [0.1, 0.15) is 10.6 Å². The van der Waals surface area contributed by atoms with Crippen molar-refractivity contribution in [2.45, 2.75) is 24.3 Å². The van der Waals surface area contributed by atoms with Gasteiger partial charge in [0.2, 0.25) is 10.0 Å². The van der Waals surface area contributed by atoms with E-state index in [0.717, 1.165) is 6.07 Å². The van der Waals surface area contributed by atoms with Gasteiger partial charge >= 0.3 is 5.97 Å². The molecular formula is C12H17NO6S. The second-order valence-corrected chi connectivity index (χ2v) is 5.76. The summed E-state index contributed by atoms with van der Waals surface area (Å²) in [6, 6.07) is 2.91. The third-order valence-corrected chi connectivity index (χ3v) is 4.28. The minimum Gasteiger partial charge on any atom is -0.495 e. The number of carbonyl (C=O) groups is 1. The van der Waals surface area contributed by atoms with Crippen LogP contribution in [0.4, 0.5) is 0 Å². The summed E-state index contributed by atoms with van der Waals surface area (Å²) in [4.78, 5) is 10.6. The minimum absolute atomic E-state index is 0.0373. The molecule has 0 saturated carbocycles. The molecule has 0 spiro atoms. The van der Waals surface area contributed by atoms with Crippen LogP contribution in [0.3, 0.4) is 0 Å². The Morgan fingerprint density at radius 3 is 2.55 bits per heavy atom. The molecule has 0 unspecified atom stereocenters. The summed E-state index contributed by atoms with van der Waals surface area (Å²) < 4.78 is 31.7. The van der Waals surface area contributed by atoms with Crippen LogP contribution in [-0.2, 0) is 10.0 Å². The topological polar surface area (TPSA) is 113 Å². The predicted octanol–water partition coefficient (Wildman–Crippen LogP) is 0.443. The summed E-state index contributed by atoms with van der Waals surface area (Å²) >= 11 is 0. The number of aliphatic hydroxyl groups is 1. The number of aromatic carboxylic acids is 1. The first kappa shape index (κ1) is 16.4. The number of hydrogen-bond donors (Lipinski definition) is 3. The van der Waals surface area contributed by atoms with Crippen LogP contribution < -0.4 is 9.46 Å². The SMILES string of the molecule is CC[C@H](CO)NS(=O)(=O)c1cc(C(=O)O)ccc1OC. The Balaban J connectivity index is 3.28. The maximum Gasteiger partial charge on any atom is 0.335 e. The number of carboxylic acids is 1. The van der Waals surface area contributed by atoms with Gasteiger partial charge in [0.05, 0.1) is 19.3 Å². The molecule has 20 heavy (non-hydrogen) atoms. The van der Waals surface area contributed by atoms with E-state index in [4.69, 9.17) is 14.9 Å². The van der Waals surface area contributed by atoms with Gasteiger partial charge in [-0.05, 0) is 24.6 Å². The molecule has 0 saturated heterocycles. The highest BCUT2D eigenvalue weighted by atomic mass is 32.2. The smallest absolute Gasteiger partial charge is 0.335 e. The van der Waals surface area contributed by atoms with E-state index in [0.29, 0.717) is 6.42 Å². The molecule has 1 rings (SSSR count). The number of aliphatic hydroxyl groups excluding tert-OH is 1. The van der Waals surface area contributed by atoms with Gasteiger partial charge < -0.3 is 14.9 Å². The number of sulfonamides is 1. The van der Waals surface area contributed by atoms with Crippen molar-refractivity contribution in [2.75, 3.05) is 13.7 Å². The zero-order valence-electron chi connectivity index (χ0n) is 11.2. The first-order chi connectivity index (χ1) is 9.35. The first-order valence-electron chi connectivity index (χ1n) is 5.90. The van der Waals surface area contributed by atoms with Crippen LogP contribution in [0.15, 0.2) is 23.1 Å². The molecule has 8 heteroatoms. The molecule has 0 bridgehead atoms. The molecule has 0 aromatic heterocycles. The van der Waals surface area contributed by atoms with Crippen molar-refractivity contribution in [1.82, 2.24) is 4.72 Å². The molecule has 112 valence electrons. The van der Waals surface area contributed by atoms with E-state index in [1.54, 1.807) is 6.92 Å². The summed E-state index contributed by atoms with van der Waals surface area (Å²) in [5.74, 6) is -1.20. The van der Waals surface area contributed by atoms with E-state index >= 15 is 0 Å². The van der Waals surface area contributed by atoms with Crippen LogP contribution in [0.1, 0.15) is 23.7 Å². The third kappa shape index (κ3) is 3.69. The average molecular weight is 303 g/mol. The molecule has 7 nitrogen and oxygen atoms in total. The molecule has 0 radical (unpaired) electrons. The van der Waals surface area contributed by atoms with Crippen LogP contribution in [0.25, 0.3) is 0 Å². The largest absolute Gasteiger partial charge is 0.495 e. The van der Waals surface area contributed by atoms with E-state index in [2.05, 4.69) is 4.72 Å². The molecule has 1 aromatic rings. The zero-order valence-corrected chi connectivity index (χ0v) is 12.0. The number of methoxy groups -OCH3 is 1. The van der Waals surface area contributed by atoms with Crippen molar-refractivity contribution in [2.24, 2.45) is 0 Å². The van der Waals surface area contributed by atoms with Gasteiger partial charge in [0.25, 0.3) is 0 Å². The van der Waals surface area contributed by atoms with Crippen molar-refractivity contribution in [3.05, 3.63) is 23.8 Å². The van der Waals surface area contributed by atoms with E-state index in [-0.39, 0.29) is 22.8 Å². The Bertz CT molecular complexity index is 580. The molecule has 0 amide bonds. The maximum atomic E-state index is 12.2. The number of benzene rings is 1. The highest BCUT2D eigenvalue weighted by molar-refractivity contribution is 7.89. The molecule has 0 aliphatic heterocycles. The summed E-state index contributed by atoms with van der Waals surface area (Å²) in [6.07, 6.45) is 0.399. The van der Waals surface area contributed by atoms with Gasteiger partial charge in [-0.15, -0.1) is 0 Å². The fourth-order valence-electron chi connectivity index (χ4n) is 1.55. The van der Waals surface area contributed by atoms with Gasteiger partial charge in [-0.1, -0.05) is 6.92 Å². The minimum atomic E-state index is -3.98. The Hall–Kier alpha value is -1.64. The van der Waals surface area contributed by atoms with Crippen LogP contribution in [0.5, 0.6) is 5.75 Å². The van der Waals surface area contributed by atoms with Gasteiger partial charge in [-0.3, -0.25) is 0 Å². The Morgan fingerprint density at radius 2 is 2.10 bits per heavy atom. The molecule has 1 aromatic carbocycles. The summed E-state index contributed by atoms with van der Waals surface area (Å²) in [6.45, 7) is 1.37. The van der Waals surface area contributed by atoms with Gasteiger partial charge in [-0.2, -0.15) is 0 Å². The number of nitrogens with one attached hydrogen (secondary N) is 1. The monoisotopic (exact) mass is 303 g/mol. The van der Waals surface area contributed by atoms with Gasteiger partial charge in [0.15, 0.2) is 0 Å². The number of hydrogen-bond acceptors (Lipinski definition) is 5. The van der Waals surface area contributed by atoms with Crippen molar-refractivity contribution >= 4 is 16.0 Å². The van der Waals surface area contributed by atoms with E-state index in [9.17, 15) is 13.2 Å². The molecule has 3 N–H and O–H groups in total. The van der Waals surface area contributed by atoms with Crippen molar-refractivity contribution in [3.8, 4) is 5.75 Å². The fourth-order valence-corrected chi connectivity index (χ4v) is 3.06. The lowest BCUT2D eigenvalue weighted by atomic mass is 10.2. The van der Waals surface area contributed by atoms with Gasteiger partial charge in [-0.25, -0.2) is 17.9 Å². The Kier molecular flexibility index (Phi) is 5.49. The second kappa shape index (κ2) is 6.69. The van der Waals surface area contributed by atoms with Crippen molar-refractivity contribution in [3.63, 3.8) is 0 Å². The van der Waals surface area contributed by atoms with Crippen LogP contribution in [-0.4, -0.2) is 44.4 Å². The fraction of sp³-hybridized carbons (Fsp3) is 0.417. The Labute approximate surface area is 117 Å². The van der Waals surface area contributed by atoms with Crippen molar-refractivity contribution < 1.29 is 28.2 Å². The van der Waals surface area contributed by atoms with Crippen LogP contribution in [0.2, 0.25) is 0 Å². The second-order valence-electron chi connectivity index (χ2n) is 4.08. The predicted molar refractivity (Wildman–Crippen MR) is 71.4 cm³/mol. The number of ether oxygens (including phenoxy) is 1. The third-order valence-electron chi connectivity index (χ3n) is 2.74. The average Bonchev–Trinajstić information content (AvgIpc) is 2.43. The first-order valence-corrected chi connectivity index (χ1v) is 7.38. The summed E-state index contributed by atoms with van der Waals surface area (Å²) in [5, 5.41) is 18.0. The summed E-state index contributed by atoms with van der Waals surface area (Å²) in [5.41, 5.74) is -0.164. The zero-order chi connectivity index (χ0) is 15.3. The lowest BCUT2D eigenvalue weighted by Crippen LogP contribution is -2.37. The van der Waals surface area contributed by atoms with Gasteiger partial charge in [0, 0.05) is 6.04 Å². The summed E-state index contributed by atoms with van der Waals surface area (Å²) in [7, 11) is -2.69. The molecule has 0 fully saturated rings. The normalized spacial score (nSPS) is 12.9. The molecular weight excluding hydrogens is 286 g/mol. The van der Waals surface area contributed by atoms with Crippen LogP contribution in [0, 0.1) is 0 Å². The quantitative estimate of drug-likeness (QED) is 0.674. The van der Waals surface area contributed by atoms with E-state index in [1.165, 1.54) is 19.2 Å². The lowest BCUT2D eigenvalue weighted by molar-refractivity contribution is 0.0696.